The summed E-state index contributed by atoms with van der Waals surface area (Å²) in [6.07, 6.45) is 4.28. The van der Waals surface area contributed by atoms with Crippen molar-refractivity contribution in [1.29, 1.82) is 0 Å². The Balaban J connectivity index is 1.85. The van der Waals surface area contributed by atoms with E-state index in [-0.39, 0.29) is 18.5 Å². The molecule has 0 aliphatic carbocycles. The number of unbranched alkanes of at least 4 members (excludes halogenated alkanes) is 1. The number of para-hydroxylation sites is 1. The van der Waals surface area contributed by atoms with Crippen LogP contribution < -0.4 is 10.1 Å². The average molecular weight is 367 g/mol. The van der Waals surface area contributed by atoms with Crippen LogP contribution in [-0.4, -0.2) is 25.1 Å². The Labute approximate surface area is 160 Å². The normalized spacial score (nSPS) is 10.1. The number of hydrogen-bond acceptors (Lipinski definition) is 4. The van der Waals surface area contributed by atoms with Gasteiger partial charge in [0.1, 0.15) is 5.75 Å². The van der Waals surface area contributed by atoms with Gasteiger partial charge in [-0.3, -0.25) is 4.79 Å². The molecule has 0 spiro atoms. The molecule has 27 heavy (non-hydrogen) atoms. The van der Waals surface area contributed by atoms with Crippen LogP contribution >= 0.6 is 0 Å². The third kappa shape index (κ3) is 6.62. The number of hydrogen-bond donors (Lipinski definition) is 1. The van der Waals surface area contributed by atoms with E-state index < -0.39 is 0 Å². The maximum Gasteiger partial charge on any atom is 0.338 e. The zero-order valence-corrected chi connectivity index (χ0v) is 15.6. The van der Waals surface area contributed by atoms with Crippen LogP contribution in [-0.2, 0) is 16.0 Å². The highest BCUT2D eigenvalue weighted by Gasteiger charge is 2.09. The van der Waals surface area contributed by atoms with Crippen molar-refractivity contribution < 1.29 is 19.1 Å². The van der Waals surface area contributed by atoms with E-state index >= 15 is 0 Å². The van der Waals surface area contributed by atoms with Crippen molar-refractivity contribution in [2.24, 2.45) is 0 Å². The van der Waals surface area contributed by atoms with Gasteiger partial charge in [0.05, 0.1) is 12.2 Å². The molecule has 2 rings (SSSR count). The van der Waals surface area contributed by atoms with Gasteiger partial charge in [-0.15, -0.1) is 6.58 Å². The predicted octanol–water partition coefficient (Wildman–Crippen LogP) is 4.39. The summed E-state index contributed by atoms with van der Waals surface area (Å²) in [6, 6.07) is 14.1. The summed E-state index contributed by atoms with van der Waals surface area (Å²) in [5, 5.41) is 2.75. The summed E-state index contributed by atoms with van der Waals surface area (Å²) < 4.78 is 10.8. The Kier molecular flexibility index (Phi) is 8.10. The standard InChI is InChI=1S/C22H25NO4/c1-3-5-15-26-22(25)18-11-13-19(14-12-18)23-21(24)16-27-20-10-7-6-9-17(20)8-4-2/h4,6-7,9-14H,2-3,5,8,15-16H2,1H3,(H,23,24). The minimum absolute atomic E-state index is 0.102. The number of benzene rings is 2. The molecule has 0 fully saturated rings. The molecule has 0 atom stereocenters. The molecule has 5 heteroatoms. The molecule has 0 unspecified atom stereocenters. The summed E-state index contributed by atoms with van der Waals surface area (Å²) >= 11 is 0. The van der Waals surface area contributed by atoms with Gasteiger partial charge >= 0.3 is 5.97 Å². The van der Waals surface area contributed by atoms with Crippen molar-refractivity contribution in [3.05, 3.63) is 72.3 Å². The molecular weight excluding hydrogens is 342 g/mol. The first-order valence-corrected chi connectivity index (χ1v) is 9.02. The van der Waals surface area contributed by atoms with Gasteiger partial charge in [-0.05, 0) is 48.7 Å². The van der Waals surface area contributed by atoms with Gasteiger partial charge < -0.3 is 14.8 Å². The monoisotopic (exact) mass is 367 g/mol. The number of ether oxygens (including phenoxy) is 2. The van der Waals surface area contributed by atoms with E-state index in [2.05, 4.69) is 11.9 Å². The van der Waals surface area contributed by atoms with Crippen molar-refractivity contribution in [2.45, 2.75) is 26.2 Å². The lowest BCUT2D eigenvalue weighted by Gasteiger charge is -2.11. The smallest absolute Gasteiger partial charge is 0.338 e. The molecule has 0 aromatic heterocycles. The highest BCUT2D eigenvalue weighted by molar-refractivity contribution is 5.93. The number of anilines is 1. The van der Waals surface area contributed by atoms with Crippen LogP contribution in [0.25, 0.3) is 0 Å². The molecule has 0 aliphatic heterocycles. The molecule has 0 saturated heterocycles. The summed E-state index contributed by atoms with van der Waals surface area (Å²) in [5.41, 5.74) is 2.03. The van der Waals surface area contributed by atoms with Gasteiger partial charge in [0.25, 0.3) is 5.91 Å². The van der Waals surface area contributed by atoms with E-state index in [9.17, 15) is 9.59 Å². The zero-order chi connectivity index (χ0) is 19.5. The zero-order valence-electron chi connectivity index (χ0n) is 15.6. The molecule has 0 bridgehead atoms. The van der Waals surface area contributed by atoms with Gasteiger partial charge in [0.15, 0.2) is 6.61 Å². The van der Waals surface area contributed by atoms with Gasteiger partial charge in [-0.25, -0.2) is 4.79 Å². The van der Waals surface area contributed by atoms with E-state index in [0.29, 0.717) is 30.0 Å². The lowest BCUT2D eigenvalue weighted by Crippen LogP contribution is -2.20. The van der Waals surface area contributed by atoms with Crippen LogP contribution in [0.4, 0.5) is 5.69 Å². The third-order valence-electron chi connectivity index (χ3n) is 3.83. The first-order valence-electron chi connectivity index (χ1n) is 9.02. The second-order valence-corrected chi connectivity index (χ2v) is 6.00. The lowest BCUT2D eigenvalue weighted by atomic mass is 10.1. The van der Waals surface area contributed by atoms with E-state index in [4.69, 9.17) is 9.47 Å². The number of amides is 1. The number of carbonyl (C=O) groups is 2. The first kappa shape index (κ1) is 20.2. The van der Waals surface area contributed by atoms with Gasteiger partial charge in [0.2, 0.25) is 0 Å². The fourth-order valence-corrected chi connectivity index (χ4v) is 2.39. The fraction of sp³-hybridized carbons (Fsp3) is 0.273. The Morgan fingerprint density at radius 3 is 2.56 bits per heavy atom. The Hall–Kier alpha value is -3.08. The van der Waals surface area contributed by atoms with Crippen molar-refractivity contribution in [3.63, 3.8) is 0 Å². The molecule has 1 amide bonds. The largest absolute Gasteiger partial charge is 0.483 e. The Morgan fingerprint density at radius 1 is 1.11 bits per heavy atom. The van der Waals surface area contributed by atoms with Crippen LogP contribution in [0.2, 0.25) is 0 Å². The maximum absolute atomic E-state index is 12.1. The number of carbonyl (C=O) groups excluding carboxylic acids is 2. The second kappa shape index (κ2) is 10.8. The van der Waals surface area contributed by atoms with E-state index in [1.807, 2.05) is 31.2 Å². The average Bonchev–Trinajstić information content (AvgIpc) is 2.68. The van der Waals surface area contributed by atoms with E-state index in [0.717, 1.165) is 18.4 Å². The lowest BCUT2D eigenvalue weighted by molar-refractivity contribution is -0.118. The topological polar surface area (TPSA) is 64.6 Å². The van der Waals surface area contributed by atoms with Crippen LogP contribution in [0.3, 0.4) is 0 Å². The molecule has 1 N–H and O–H groups in total. The summed E-state index contributed by atoms with van der Waals surface area (Å²) in [4.78, 5) is 24.0. The predicted molar refractivity (Wildman–Crippen MR) is 106 cm³/mol. The molecule has 0 aliphatic rings. The van der Waals surface area contributed by atoms with Gasteiger partial charge in [0, 0.05) is 5.69 Å². The SMILES string of the molecule is C=CCc1ccccc1OCC(=O)Nc1ccc(C(=O)OCCCC)cc1. The maximum atomic E-state index is 12.1. The Bertz CT molecular complexity index is 768. The molecule has 2 aromatic rings. The molecule has 0 heterocycles. The van der Waals surface area contributed by atoms with E-state index in [1.165, 1.54) is 0 Å². The molecule has 0 saturated carbocycles. The number of rotatable bonds is 10. The van der Waals surface area contributed by atoms with Crippen molar-refractivity contribution in [2.75, 3.05) is 18.5 Å². The van der Waals surface area contributed by atoms with Crippen LogP contribution in [0, 0.1) is 0 Å². The fourth-order valence-electron chi connectivity index (χ4n) is 2.39. The van der Waals surface area contributed by atoms with Crippen LogP contribution in [0.15, 0.2) is 61.2 Å². The molecular formula is C22H25NO4. The van der Waals surface area contributed by atoms with Crippen molar-refractivity contribution in [3.8, 4) is 5.75 Å². The summed E-state index contributed by atoms with van der Waals surface area (Å²) in [5.74, 6) is 0.0305. The van der Waals surface area contributed by atoms with Crippen molar-refractivity contribution in [1.82, 2.24) is 0 Å². The highest BCUT2D eigenvalue weighted by Crippen LogP contribution is 2.19. The van der Waals surface area contributed by atoms with Crippen LogP contribution in [0.5, 0.6) is 5.75 Å². The molecule has 2 aromatic carbocycles. The highest BCUT2D eigenvalue weighted by atomic mass is 16.5. The number of allylic oxidation sites excluding steroid dienone is 1. The number of nitrogens with one attached hydrogen (secondary N) is 1. The van der Waals surface area contributed by atoms with Crippen molar-refractivity contribution >= 4 is 17.6 Å². The van der Waals surface area contributed by atoms with Gasteiger partial charge in [-0.2, -0.15) is 0 Å². The minimum atomic E-state index is -0.358. The Morgan fingerprint density at radius 2 is 1.85 bits per heavy atom. The first-order chi connectivity index (χ1) is 13.1. The summed E-state index contributed by atoms with van der Waals surface area (Å²) in [7, 11) is 0. The molecule has 0 radical (unpaired) electrons. The quantitative estimate of drug-likeness (QED) is 0.384. The van der Waals surface area contributed by atoms with Crippen LogP contribution in [0.1, 0.15) is 35.7 Å². The molecule has 142 valence electrons. The second-order valence-electron chi connectivity index (χ2n) is 6.00. The number of esters is 1. The minimum Gasteiger partial charge on any atom is -0.483 e. The van der Waals surface area contributed by atoms with Gasteiger partial charge in [-0.1, -0.05) is 37.6 Å². The van der Waals surface area contributed by atoms with E-state index in [1.54, 1.807) is 30.3 Å². The third-order valence-corrected chi connectivity index (χ3v) is 3.83. The molecule has 5 nitrogen and oxygen atoms in total. The summed E-state index contributed by atoms with van der Waals surface area (Å²) in [6.45, 7) is 6.07.